The summed E-state index contributed by atoms with van der Waals surface area (Å²) >= 11 is 0. The molecule has 1 aliphatic heterocycles. The molecule has 0 fully saturated rings. The van der Waals surface area contributed by atoms with Crippen LogP contribution in [0.2, 0.25) is 0 Å². The molecule has 1 heterocycles. The topological polar surface area (TPSA) is 66.0 Å². The van der Waals surface area contributed by atoms with E-state index in [9.17, 15) is 4.79 Å². The largest absolute Gasteiger partial charge is 0.494 e. The minimum absolute atomic E-state index is 0.172. The normalized spacial score (nSPS) is 11.9. The van der Waals surface area contributed by atoms with Gasteiger partial charge < -0.3 is 24.3 Å². The Morgan fingerprint density at radius 2 is 1.83 bits per heavy atom. The molecule has 2 aromatic rings. The molecule has 6 nitrogen and oxygen atoms in total. The highest BCUT2D eigenvalue weighted by molar-refractivity contribution is 6.05. The Bertz CT molecular complexity index is 744. The van der Waals surface area contributed by atoms with E-state index in [1.165, 1.54) is 0 Å². The summed E-state index contributed by atoms with van der Waals surface area (Å²) in [5, 5.41) is 2.86. The van der Waals surface area contributed by atoms with Crippen molar-refractivity contribution in [1.29, 1.82) is 0 Å². The molecule has 0 saturated heterocycles. The Hall–Kier alpha value is -2.89. The molecular formula is C18H19NO5. The van der Waals surface area contributed by atoms with Gasteiger partial charge in [0.1, 0.15) is 11.5 Å². The Labute approximate surface area is 140 Å². The van der Waals surface area contributed by atoms with Crippen molar-refractivity contribution < 1.29 is 23.7 Å². The van der Waals surface area contributed by atoms with Crippen molar-refractivity contribution in [2.24, 2.45) is 0 Å². The van der Waals surface area contributed by atoms with Gasteiger partial charge in [0, 0.05) is 11.6 Å². The van der Waals surface area contributed by atoms with Crippen LogP contribution in [0, 0.1) is 0 Å². The molecule has 2 aromatic carbocycles. The van der Waals surface area contributed by atoms with Crippen LogP contribution in [0.3, 0.4) is 0 Å². The molecule has 6 heteroatoms. The first kappa shape index (κ1) is 16.0. The zero-order valence-corrected chi connectivity index (χ0v) is 13.6. The second-order valence-electron chi connectivity index (χ2n) is 5.05. The predicted molar refractivity (Wildman–Crippen MR) is 89.3 cm³/mol. The summed E-state index contributed by atoms with van der Waals surface area (Å²) in [6.45, 7) is 5.01. The third kappa shape index (κ3) is 3.37. The number of rotatable bonds is 6. The fourth-order valence-corrected chi connectivity index (χ4v) is 2.38. The van der Waals surface area contributed by atoms with Gasteiger partial charge in [0.2, 0.25) is 6.79 Å². The maximum atomic E-state index is 12.5. The predicted octanol–water partition coefficient (Wildman–Crippen LogP) is 3.47. The van der Waals surface area contributed by atoms with Crippen molar-refractivity contribution in [2.75, 3.05) is 25.3 Å². The van der Waals surface area contributed by atoms with E-state index < -0.39 is 0 Å². The molecule has 0 aliphatic carbocycles. The number of carbonyl (C=O) groups is 1. The van der Waals surface area contributed by atoms with Crippen LogP contribution < -0.4 is 24.3 Å². The van der Waals surface area contributed by atoms with E-state index in [4.69, 9.17) is 18.9 Å². The number of hydrogen-bond donors (Lipinski definition) is 1. The maximum absolute atomic E-state index is 12.5. The van der Waals surface area contributed by atoms with Crippen molar-refractivity contribution in [3.8, 4) is 23.0 Å². The summed E-state index contributed by atoms with van der Waals surface area (Å²) in [7, 11) is 0. The SMILES string of the molecule is CCOc1ccc(OCC)c(NC(=O)c2ccc3c(c2)OCO3)c1. The van der Waals surface area contributed by atoms with Crippen LogP contribution in [-0.2, 0) is 0 Å². The Balaban J connectivity index is 1.83. The van der Waals surface area contributed by atoms with Crippen LogP contribution in [0.25, 0.3) is 0 Å². The van der Waals surface area contributed by atoms with Crippen LogP contribution in [0.5, 0.6) is 23.0 Å². The van der Waals surface area contributed by atoms with Gasteiger partial charge in [-0.25, -0.2) is 0 Å². The van der Waals surface area contributed by atoms with E-state index in [2.05, 4.69) is 5.32 Å². The first-order valence-electron chi connectivity index (χ1n) is 7.82. The van der Waals surface area contributed by atoms with E-state index in [0.717, 1.165) is 0 Å². The Morgan fingerprint density at radius 3 is 2.62 bits per heavy atom. The average molecular weight is 329 g/mol. The third-order valence-electron chi connectivity index (χ3n) is 3.44. The fourth-order valence-electron chi connectivity index (χ4n) is 2.38. The molecule has 0 saturated carbocycles. The lowest BCUT2D eigenvalue weighted by molar-refractivity contribution is 0.102. The molecule has 1 N–H and O–H groups in total. The molecule has 0 spiro atoms. The second kappa shape index (κ2) is 7.12. The van der Waals surface area contributed by atoms with Gasteiger partial charge >= 0.3 is 0 Å². The molecule has 0 bridgehead atoms. The van der Waals surface area contributed by atoms with Crippen molar-refractivity contribution >= 4 is 11.6 Å². The van der Waals surface area contributed by atoms with Crippen LogP contribution >= 0.6 is 0 Å². The number of carbonyl (C=O) groups excluding carboxylic acids is 1. The molecule has 24 heavy (non-hydrogen) atoms. The van der Waals surface area contributed by atoms with Crippen molar-refractivity contribution in [3.05, 3.63) is 42.0 Å². The van der Waals surface area contributed by atoms with Crippen LogP contribution in [-0.4, -0.2) is 25.9 Å². The smallest absolute Gasteiger partial charge is 0.255 e. The van der Waals surface area contributed by atoms with Crippen molar-refractivity contribution in [2.45, 2.75) is 13.8 Å². The molecular weight excluding hydrogens is 310 g/mol. The number of amides is 1. The summed E-state index contributed by atoms with van der Waals surface area (Å²) < 4.78 is 21.6. The van der Waals surface area contributed by atoms with Gasteiger partial charge in [-0.2, -0.15) is 0 Å². The van der Waals surface area contributed by atoms with Crippen LogP contribution in [0.1, 0.15) is 24.2 Å². The van der Waals surface area contributed by atoms with Gasteiger partial charge in [0.25, 0.3) is 5.91 Å². The summed E-state index contributed by atoms with van der Waals surface area (Å²) in [6.07, 6.45) is 0. The summed E-state index contributed by atoms with van der Waals surface area (Å²) in [6, 6.07) is 10.4. The minimum atomic E-state index is -0.261. The van der Waals surface area contributed by atoms with Gasteiger partial charge in [0.05, 0.1) is 18.9 Å². The van der Waals surface area contributed by atoms with Crippen LogP contribution in [0.15, 0.2) is 36.4 Å². The molecule has 0 atom stereocenters. The quantitative estimate of drug-likeness (QED) is 0.879. The fraction of sp³-hybridized carbons (Fsp3) is 0.278. The zero-order chi connectivity index (χ0) is 16.9. The number of nitrogens with one attached hydrogen (secondary N) is 1. The number of fused-ring (bicyclic) bond motifs is 1. The maximum Gasteiger partial charge on any atom is 0.255 e. The first-order chi connectivity index (χ1) is 11.7. The summed E-state index contributed by atoms with van der Waals surface area (Å²) in [5.74, 6) is 2.20. The lowest BCUT2D eigenvalue weighted by Crippen LogP contribution is -2.13. The van der Waals surface area contributed by atoms with Crippen molar-refractivity contribution in [1.82, 2.24) is 0 Å². The van der Waals surface area contributed by atoms with Gasteiger partial charge in [0.15, 0.2) is 11.5 Å². The second-order valence-corrected chi connectivity index (χ2v) is 5.05. The monoisotopic (exact) mass is 329 g/mol. The molecule has 1 aliphatic rings. The number of ether oxygens (including phenoxy) is 4. The van der Waals surface area contributed by atoms with E-state index in [1.807, 2.05) is 19.9 Å². The van der Waals surface area contributed by atoms with E-state index in [-0.39, 0.29) is 12.7 Å². The third-order valence-corrected chi connectivity index (χ3v) is 3.44. The van der Waals surface area contributed by atoms with Gasteiger partial charge in [-0.3, -0.25) is 4.79 Å². The highest BCUT2D eigenvalue weighted by Crippen LogP contribution is 2.34. The molecule has 0 unspecified atom stereocenters. The summed E-state index contributed by atoms with van der Waals surface area (Å²) in [4.78, 5) is 12.5. The zero-order valence-electron chi connectivity index (χ0n) is 13.6. The van der Waals surface area contributed by atoms with Gasteiger partial charge in [-0.1, -0.05) is 0 Å². The highest BCUT2D eigenvalue weighted by atomic mass is 16.7. The lowest BCUT2D eigenvalue weighted by Gasteiger charge is -2.13. The summed E-state index contributed by atoms with van der Waals surface area (Å²) in [5.41, 5.74) is 1.04. The Kier molecular flexibility index (Phi) is 4.74. The van der Waals surface area contributed by atoms with E-state index >= 15 is 0 Å². The van der Waals surface area contributed by atoms with Gasteiger partial charge in [-0.15, -0.1) is 0 Å². The molecule has 3 rings (SSSR count). The first-order valence-corrected chi connectivity index (χ1v) is 7.82. The van der Waals surface area contributed by atoms with E-state index in [0.29, 0.717) is 47.5 Å². The molecule has 0 radical (unpaired) electrons. The number of benzene rings is 2. The molecule has 0 aromatic heterocycles. The van der Waals surface area contributed by atoms with Gasteiger partial charge in [-0.05, 0) is 44.2 Å². The Morgan fingerprint density at radius 1 is 1.04 bits per heavy atom. The average Bonchev–Trinajstić information content (AvgIpc) is 3.05. The van der Waals surface area contributed by atoms with Crippen LogP contribution in [0.4, 0.5) is 5.69 Å². The number of anilines is 1. The highest BCUT2D eigenvalue weighted by Gasteiger charge is 2.17. The van der Waals surface area contributed by atoms with E-state index in [1.54, 1.807) is 30.3 Å². The minimum Gasteiger partial charge on any atom is -0.494 e. The number of hydrogen-bond acceptors (Lipinski definition) is 5. The lowest BCUT2D eigenvalue weighted by atomic mass is 10.1. The molecule has 126 valence electrons. The molecule has 1 amide bonds. The standard InChI is InChI=1S/C18H19NO5/c1-3-21-13-6-8-15(22-4-2)14(10-13)19-18(20)12-5-7-16-17(9-12)24-11-23-16/h5-10H,3-4,11H2,1-2H3,(H,19,20). The van der Waals surface area contributed by atoms with Crippen molar-refractivity contribution in [3.63, 3.8) is 0 Å².